The molecule has 0 bridgehead atoms. The Balaban J connectivity index is 1.70. The number of carbonyl (C=O) groups is 1. The molecule has 0 aliphatic rings. The maximum atomic E-state index is 12.3. The van der Waals surface area contributed by atoms with Gasteiger partial charge in [0, 0.05) is 10.0 Å². The maximum Gasteiger partial charge on any atom is 0.271 e. The van der Waals surface area contributed by atoms with Crippen LogP contribution in [0.1, 0.15) is 21.5 Å². The van der Waals surface area contributed by atoms with Crippen molar-refractivity contribution < 1.29 is 13.2 Å². The van der Waals surface area contributed by atoms with E-state index in [1.54, 1.807) is 30.5 Å². The second-order valence-corrected chi connectivity index (χ2v) is 9.38. The number of anilines is 1. The van der Waals surface area contributed by atoms with Gasteiger partial charge in [0.15, 0.2) is 0 Å². The Labute approximate surface area is 184 Å². The first-order valence-corrected chi connectivity index (χ1v) is 11.7. The van der Waals surface area contributed by atoms with E-state index in [0.29, 0.717) is 11.3 Å². The van der Waals surface area contributed by atoms with Crippen molar-refractivity contribution in [2.24, 2.45) is 5.10 Å². The second-order valence-electron chi connectivity index (χ2n) is 6.55. The van der Waals surface area contributed by atoms with Gasteiger partial charge in [0.2, 0.25) is 10.0 Å². The Morgan fingerprint density at radius 2 is 1.63 bits per heavy atom. The average Bonchev–Trinajstić information content (AvgIpc) is 2.73. The molecule has 30 heavy (non-hydrogen) atoms. The first-order chi connectivity index (χ1) is 14.3. The van der Waals surface area contributed by atoms with Crippen molar-refractivity contribution in [2.75, 3.05) is 10.6 Å². The van der Waals surface area contributed by atoms with Crippen LogP contribution in [0.5, 0.6) is 0 Å². The summed E-state index contributed by atoms with van der Waals surface area (Å²) >= 11 is 3.36. The fourth-order valence-electron chi connectivity index (χ4n) is 2.71. The predicted molar refractivity (Wildman–Crippen MR) is 123 cm³/mol. The Hall–Kier alpha value is -2.97. The quantitative estimate of drug-likeness (QED) is 0.402. The minimum absolute atomic E-state index is 0.211. The van der Waals surface area contributed by atoms with Crippen LogP contribution in [0, 0.1) is 0 Å². The average molecular weight is 486 g/mol. The Bertz CT molecular complexity index is 1130. The van der Waals surface area contributed by atoms with E-state index in [1.165, 1.54) is 4.31 Å². The van der Waals surface area contributed by atoms with Crippen molar-refractivity contribution in [1.29, 1.82) is 0 Å². The van der Waals surface area contributed by atoms with E-state index in [9.17, 15) is 13.2 Å². The number of carbonyl (C=O) groups excluding carboxylic acids is 1. The van der Waals surface area contributed by atoms with E-state index in [1.807, 2.05) is 54.6 Å². The summed E-state index contributed by atoms with van der Waals surface area (Å²) in [5.41, 5.74) is 5.04. The van der Waals surface area contributed by atoms with Crippen molar-refractivity contribution in [2.45, 2.75) is 6.54 Å². The van der Waals surface area contributed by atoms with Crippen molar-refractivity contribution in [3.8, 4) is 0 Å². The first kappa shape index (κ1) is 21.7. The molecule has 0 heterocycles. The van der Waals surface area contributed by atoms with Crippen LogP contribution in [0.3, 0.4) is 0 Å². The fraction of sp³-hybridized carbons (Fsp3) is 0.0909. The third kappa shape index (κ3) is 6.01. The molecule has 0 atom stereocenters. The van der Waals surface area contributed by atoms with Crippen LogP contribution < -0.4 is 9.73 Å². The van der Waals surface area contributed by atoms with Crippen LogP contribution in [0.4, 0.5) is 5.69 Å². The van der Waals surface area contributed by atoms with E-state index < -0.39 is 10.0 Å². The summed E-state index contributed by atoms with van der Waals surface area (Å²) in [6.45, 7) is 0.211. The highest BCUT2D eigenvalue weighted by Crippen LogP contribution is 2.21. The van der Waals surface area contributed by atoms with E-state index in [0.717, 1.165) is 21.9 Å². The molecule has 0 radical (unpaired) electrons. The number of rotatable bonds is 7. The zero-order chi connectivity index (χ0) is 21.6. The Morgan fingerprint density at radius 3 is 2.23 bits per heavy atom. The number of nitrogens with zero attached hydrogens (tertiary/aromatic N) is 2. The molecule has 154 valence electrons. The van der Waals surface area contributed by atoms with Gasteiger partial charge < -0.3 is 0 Å². The van der Waals surface area contributed by atoms with Gasteiger partial charge in [-0.1, -0.05) is 58.4 Å². The molecular formula is C22H20BrN3O3S. The number of benzene rings is 3. The van der Waals surface area contributed by atoms with E-state index >= 15 is 0 Å². The molecule has 1 amide bonds. The Morgan fingerprint density at radius 1 is 1.00 bits per heavy atom. The largest absolute Gasteiger partial charge is 0.271 e. The molecule has 0 saturated heterocycles. The maximum absolute atomic E-state index is 12.3. The molecular weight excluding hydrogens is 466 g/mol. The van der Waals surface area contributed by atoms with Gasteiger partial charge in [-0.3, -0.25) is 9.10 Å². The molecule has 3 aromatic carbocycles. The summed E-state index contributed by atoms with van der Waals surface area (Å²) < 4.78 is 26.8. The molecule has 8 heteroatoms. The number of sulfonamides is 1. The van der Waals surface area contributed by atoms with Gasteiger partial charge in [0.1, 0.15) is 0 Å². The summed E-state index contributed by atoms with van der Waals surface area (Å²) in [5, 5.41) is 3.95. The number of hydrazone groups is 1. The zero-order valence-electron chi connectivity index (χ0n) is 16.2. The molecule has 1 N–H and O–H groups in total. The number of amides is 1. The van der Waals surface area contributed by atoms with Crippen LogP contribution in [-0.2, 0) is 16.6 Å². The van der Waals surface area contributed by atoms with Gasteiger partial charge in [-0.15, -0.1) is 0 Å². The van der Waals surface area contributed by atoms with Gasteiger partial charge >= 0.3 is 0 Å². The third-order valence-corrected chi connectivity index (χ3v) is 5.91. The van der Waals surface area contributed by atoms with Crippen molar-refractivity contribution in [3.63, 3.8) is 0 Å². The van der Waals surface area contributed by atoms with Gasteiger partial charge in [-0.2, -0.15) is 5.10 Å². The summed E-state index contributed by atoms with van der Waals surface area (Å²) in [7, 11) is -3.49. The Kier molecular flexibility index (Phi) is 7.02. The highest BCUT2D eigenvalue weighted by Gasteiger charge is 2.18. The van der Waals surface area contributed by atoms with Crippen molar-refractivity contribution >= 4 is 43.8 Å². The predicted octanol–water partition coefficient (Wildman–Crippen LogP) is 4.18. The van der Waals surface area contributed by atoms with Crippen molar-refractivity contribution in [1.82, 2.24) is 5.43 Å². The van der Waals surface area contributed by atoms with Gasteiger partial charge in [0.05, 0.1) is 24.7 Å². The molecule has 0 fully saturated rings. The topological polar surface area (TPSA) is 78.8 Å². The number of halogens is 1. The van der Waals surface area contributed by atoms with Gasteiger partial charge in [0.25, 0.3) is 5.91 Å². The molecule has 0 aliphatic heterocycles. The van der Waals surface area contributed by atoms with Crippen LogP contribution in [0.2, 0.25) is 0 Å². The van der Waals surface area contributed by atoms with E-state index in [-0.39, 0.29) is 12.5 Å². The molecule has 0 unspecified atom stereocenters. The van der Waals surface area contributed by atoms with E-state index in [4.69, 9.17) is 0 Å². The second kappa shape index (κ2) is 9.69. The summed E-state index contributed by atoms with van der Waals surface area (Å²) in [4.78, 5) is 12.3. The molecule has 0 spiro atoms. The monoisotopic (exact) mass is 485 g/mol. The number of hydrogen-bond donors (Lipinski definition) is 1. The van der Waals surface area contributed by atoms with Gasteiger partial charge in [-0.05, 0) is 47.5 Å². The summed E-state index contributed by atoms with van der Waals surface area (Å²) in [6, 6.07) is 23.2. The number of hydrogen-bond acceptors (Lipinski definition) is 4. The summed E-state index contributed by atoms with van der Waals surface area (Å²) in [5.74, 6) is -0.385. The molecule has 0 aromatic heterocycles. The SMILES string of the molecule is CS(=O)(=O)N(Cc1ccccc1)c1ccc(C(=O)N/N=C\c2ccc(Br)cc2)cc1. The lowest BCUT2D eigenvalue weighted by molar-refractivity contribution is 0.0955. The summed E-state index contributed by atoms with van der Waals surface area (Å²) in [6.07, 6.45) is 2.71. The zero-order valence-corrected chi connectivity index (χ0v) is 18.6. The lowest BCUT2D eigenvalue weighted by Gasteiger charge is -2.22. The molecule has 0 aliphatic carbocycles. The number of nitrogens with one attached hydrogen (secondary N) is 1. The lowest BCUT2D eigenvalue weighted by Crippen LogP contribution is -2.29. The standard InChI is InChI=1S/C22H20BrN3O3S/c1-30(28,29)26(16-18-5-3-2-4-6-18)21-13-9-19(10-14-21)22(27)25-24-15-17-7-11-20(23)12-8-17/h2-15H,16H2,1H3,(H,25,27)/b24-15-. The minimum atomic E-state index is -3.49. The molecule has 0 saturated carbocycles. The normalized spacial score (nSPS) is 11.4. The smallest absolute Gasteiger partial charge is 0.267 e. The van der Waals surface area contributed by atoms with E-state index in [2.05, 4.69) is 26.5 Å². The van der Waals surface area contributed by atoms with Crippen LogP contribution in [0.25, 0.3) is 0 Å². The van der Waals surface area contributed by atoms with Gasteiger partial charge in [-0.25, -0.2) is 13.8 Å². The fourth-order valence-corrected chi connectivity index (χ4v) is 3.86. The van der Waals surface area contributed by atoms with Crippen LogP contribution >= 0.6 is 15.9 Å². The third-order valence-electron chi connectivity index (χ3n) is 4.24. The van der Waals surface area contributed by atoms with Crippen LogP contribution in [0.15, 0.2) is 88.4 Å². The molecule has 3 rings (SSSR count). The van der Waals surface area contributed by atoms with Crippen LogP contribution in [-0.4, -0.2) is 26.8 Å². The highest BCUT2D eigenvalue weighted by molar-refractivity contribution is 9.10. The molecule has 3 aromatic rings. The highest BCUT2D eigenvalue weighted by atomic mass is 79.9. The minimum Gasteiger partial charge on any atom is -0.267 e. The van der Waals surface area contributed by atoms with Crippen molar-refractivity contribution in [3.05, 3.63) is 100 Å². The molecule has 6 nitrogen and oxygen atoms in total. The lowest BCUT2D eigenvalue weighted by atomic mass is 10.2. The first-order valence-electron chi connectivity index (χ1n) is 9.03.